The zero-order chi connectivity index (χ0) is 14.9. The van der Waals surface area contributed by atoms with E-state index in [1.54, 1.807) is 0 Å². The van der Waals surface area contributed by atoms with Crippen LogP contribution in [0.2, 0.25) is 0 Å². The highest BCUT2D eigenvalue weighted by Gasteiger charge is 2.19. The lowest BCUT2D eigenvalue weighted by Gasteiger charge is -2.25. The largest absolute Gasteiger partial charge is 0.456 e. The van der Waals surface area contributed by atoms with Gasteiger partial charge in [0, 0.05) is 16.8 Å². The van der Waals surface area contributed by atoms with E-state index >= 15 is 0 Å². The molecule has 1 aromatic heterocycles. The van der Waals surface area contributed by atoms with Crippen LogP contribution in [0.5, 0.6) is 0 Å². The van der Waals surface area contributed by atoms with Crippen molar-refractivity contribution in [3.05, 3.63) is 48.0 Å². The van der Waals surface area contributed by atoms with E-state index in [2.05, 4.69) is 17.4 Å². The van der Waals surface area contributed by atoms with Crippen LogP contribution in [-0.4, -0.2) is 17.7 Å². The van der Waals surface area contributed by atoms with E-state index in [1.807, 2.05) is 30.3 Å². The molecular weight excluding hydrogens is 274 g/mol. The van der Waals surface area contributed by atoms with Gasteiger partial charge < -0.3 is 14.8 Å². The van der Waals surface area contributed by atoms with Gasteiger partial charge in [0.1, 0.15) is 11.2 Å². The first-order chi connectivity index (χ1) is 10.8. The maximum absolute atomic E-state index is 10.6. The molecule has 114 valence electrons. The van der Waals surface area contributed by atoms with Crippen LogP contribution in [0.4, 0.5) is 0 Å². The third-order valence-electron chi connectivity index (χ3n) is 4.71. The molecule has 2 N–H and O–H groups in total. The van der Waals surface area contributed by atoms with Crippen LogP contribution in [0.25, 0.3) is 21.9 Å². The fourth-order valence-electron chi connectivity index (χ4n) is 3.48. The highest BCUT2D eigenvalue weighted by atomic mass is 16.3. The molecule has 1 aliphatic rings. The number of hydrogen-bond donors (Lipinski definition) is 2. The molecule has 0 bridgehead atoms. The molecule has 0 radical (unpaired) electrons. The molecule has 0 spiro atoms. The van der Waals surface area contributed by atoms with E-state index < -0.39 is 6.10 Å². The maximum Gasteiger partial charge on any atom is 0.135 e. The van der Waals surface area contributed by atoms with Crippen molar-refractivity contribution in [2.75, 3.05) is 6.54 Å². The normalized spacial score (nSPS) is 20.5. The summed E-state index contributed by atoms with van der Waals surface area (Å²) in [7, 11) is 0. The molecule has 22 heavy (non-hydrogen) atoms. The Kier molecular flexibility index (Phi) is 3.60. The predicted molar refractivity (Wildman–Crippen MR) is 88.9 cm³/mol. The van der Waals surface area contributed by atoms with Gasteiger partial charge in [-0.2, -0.15) is 0 Å². The van der Waals surface area contributed by atoms with E-state index in [0.29, 0.717) is 6.04 Å². The minimum Gasteiger partial charge on any atom is -0.456 e. The van der Waals surface area contributed by atoms with Gasteiger partial charge in [-0.3, -0.25) is 0 Å². The lowest BCUT2D eigenvalue weighted by Crippen LogP contribution is -2.35. The molecule has 1 aliphatic heterocycles. The molecule has 4 rings (SSSR count). The van der Waals surface area contributed by atoms with Gasteiger partial charge in [0.2, 0.25) is 0 Å². The number of hydrogen-bond acceptors (Lipinski definition) is 3. The van der Waals surface area contributed by atoms with Crippen molar-refractivity contribution < 1.29 is 9.52 Å². The molecule has 0 amide bonds. The Labute approximate surface area is 129 Å². The van der Waals surface area contributed by atoms with E-state index in [-0.39, 0.29) is 0 Å². The smallest absolute Gasteiger partial charge is 0.135 e. The third-order valence-corrected chi connectivity index (χ3v) is 4.71. The molecule has 2 heterocycles. The molecule has 3 aromatic rings. The summed E-state index contributed by atoms with van der Waals surface area (Å²) >= 11 is 0. The van der Waals surface area contributed by atoms with Crippen LogP contribution < -0.4 is 5.32 Å². The van der Waals surface area contributed by atoms with E-state index in [4.69, 9.17) is 4.42 Å². The first kappa shape index (κ1) is 13.8. The van der Waals surface area contributed by atoms with Crippen LogP contribution in [0, 0.1) is 0 Å². The molecular formula is C19H21NO2. The number of aliphatic hydroxyl groups excluding tert-OH is 1. The monoisotopic (exact) mass is 295 g/mol. The molecule has 0 saturated carbocycles. The summed E-state index contributed by atoms with van der Waals surface area (Å²) in [6.45, 7) is 1.07. The Morgan fingerprint density at radius 3 is 2.82 bits per heavy atom. The predicted octanol–water partition coefficient (Wildman–Crippen LogP) is 4.15. The highest BCUT2D eigenvalue weighted by molar-refractivity contribution is 6.04. The average molecular weight is 295 g/mol. The second kappa shape index (κ2) is 5.75. The first-order valence-electron chi connectivity index (χ1n) is 8.14. The standard InChI is InChI=1S/C19H21NO2/c21-17(12-14-5-3-4-10-20-14)13-8-9-19-16(11-13)15-6-1-2-7-18(15)22-19/h1-2,6-9,11,14,17,20-21H,3-5,10,12H2. The first-order valence-corrected chi connectivity index (χ1v) is 8.14. The Balaban J connectivity index is 1.64. The molecule has 0 aliphatic carbocycles. The molecule has 2 unspecified atom stereocenters. The number of para-hydroxylation sites is 1. The Morgan fingerprint density at radius 2 is 1.95 bits per heavy atom. The van der Waals surface area contributed by atoms with Crippen molar-refractivity contribution in [1.82, 2.24) is 5.32 Å². The lowest BCUT2D eigenvalue weighted by molar-refractivity contribution is 0.145. The summed E-state index contributed by atoms with van der Waals surface area (Å²) in [4.78, 5) is 0. The van der Waals surface area contributed by atoms with E-state index in [1.165, 1.54) is 12.8 Å². The number of nitrogens with one attached hydrogen (secondary N) is 1. The van der Waals surface area contributed by atoms with Gasteiger partial charge in [0.25, 0.3) is 0 Å². The van der Waals surface area contributed by atoms with Gasteiger partial charge in [0.05, 0.1) is 6.10 Å². The zero-order valence-corrected chi connectivity index (χ0v) is 12.6. The molecule has 3 nitrogen and oxygen atoms in total. The number of rotatable bonds is 3. The Morgan fingerprint density at radius 1 is 1.09 bits per heavy atom. The average Bonchev–Trinajstić information content (AvgIpc) is 2.93. The summed E-state index contributed by atoms with van der Waals surface area (Å²) in [5.41, 5.74) is 2.76. The summed E-state index contributed by atoms with van der Waals surface area (Å²) in [5, 5.41) is 16.3. The Bertz CT molecular complexity index is 786. The van der Waals surface area contributed by atoms with Crippen LogP contribution in [0.15, 0.2) is 46.9 Å². The summed E-state index contributed by atoms with van der Waals surface area (Å²) in [5.74, 6) is 0. The number of benzene rings is 2. The molecule has 1 saturated heterocycles. The highest BCUT2D eigenvalue weighted by Crippen LogP contribution is 2.31. The summed E-state index contributed by atoms with van der Waals surface area (Å²) in [6, 6.07) is 14.5. The van der Waals surface area contributed by atoms with Gasteiger partial charge in [-0.15, -0.1) is 0 Å². The molecule has 3 heteroatoms. The van der Waals surface area contributed by atoms with E-state index in [9.17, 15) is 5.11 Å². The number of furan rings is 1. The summed E-state index contributed by atoms with van der Waals surface area (Å²) in [6.07, 6.45) is 4.03. The number of aliphatic hydroxyl groups is 1. The Hall–Kier alpha value is -1.84. The SMILES string of the molecule is OC(CC1CCCCN1)c1ccc2oc3ccccc3c2c1. The third kappa shape index (κ3) is 2.51. The zero-order valence-electron chi connectivity index (χ0n) is 12.6. The van der Waals surface area contributed by atoms with Crippen LogP contribution >= 0.6 is 0 Å². The summed E-state index contributed by atoms with van der Waals surface area (Å²) < 4.78 is 5.84. The fourth-order valence-corrected chi connectivity index (χ4v) is 3.48. The number of piperidine rings is 1. The van der Waals surface area contributed by atoms with Gasteiger partial charge in [0.15, 0.2) is 0 Å². The fraction of sp³-hybridized carbons (Fsp3) is 0.368. The van der Waals surface area contributed by atoms with Gasteiger partial charge in [-0.05, 0) is 49.6 Å². The second-order valence-electron chi connectivity index (χ2n) is 6.25. The van der Waals surface area contributed by atoms with Gasteiger partial charge in [-0.1, -0.05) is 30.7 Å². The quantitative estimate of drug-likeness (QED) is 0.763. The maximum atomic E-state index is 10.6. The van der Waals surface area contributed by atoms with Crippen molar-refractivity contribution in [2.24, 2.45) is 0 Å². The molecule has 1 fully saturated rings. The van der Waals surface area contributed by atoms with Gasteiger partial charge in [-0.25, -0.2) is 0 Å². The molecule has 2 atom stereocenters. The molecule has 2 aromatic carbocycles. The minimum absolute atomic E-state index is 0.423. The van der Waals surface area contributed by atoms with Crippen LogP contribution in [0.3, 0.4) is 0 Å². The van der Waals surface area contributed by atoms with Crippen molar-refractivity contribution in [3.8, 4) is 0 Å². The van der Waals surface area contributed by atoms with Crippen molar-refractivity contribution in [2.45, 2.75) is 37.8 Å². The van der Waals surface area contributed by atoms with Crippen LogP contribution in [0.1, 0.15) is 37.4 Å². The van der Waals surface area contributed by atoms with Crippen molar-refractivity contribution in [1.29, 1.82) is 0 Å². The lowest BCUT2D eigenvalue weighted by atomic mass is 9.95. The minimum atomic E-state index is -0.423. The van der Waals surface area contributed by atoms with Gasteiger partial charge >= 0.3 is 0 Å². The topological polar surface area (TPSA) is 45.4 Å². The second-order valence-corrected chi connectivity index (χ2v) is 6.25. The van der Waals surface area contributed by atoms with Crippen LogP contribution in [-0.2, 0) is 0 Å². The van der Waals surface area contributed by atoms with Crippen molar-refractivity contribution >= 4 is 21.9 Å². The number of fused-ring (bicyclic) bond motifs is 3. The van der Waals surface area contributed by atoms with E-state index in [0.717, 1.165) is 46.9 Å². The van der Waals surface area contributed by atoms with Crippen molar-refractivity contribution in [3.63, 3.8) is 0 Å².